The van der Waals surface area contributed by atoms with E-state index in [4.69, 9.17) is 19.3 Å². The summed E-state index contributed by atoms with van der Waals surface area (Å²) in [5, 5.41) is 0. The first kappa shape index (κ1) is 48.8. The molecule has 0 heterocycles. The lowest BCUT2D eigenvalue weighted by atomic mass is 10.0. The summed E-state index contributed by atoms with van der Waals surface area (Å²) in [6.07, 6.45) is 40.8. The van der Waals surface area contributed by atoms with Crippen molar-refractivity contribution >= 4 is 19.8 Å². The molecule has 2 N–H and O–H groups in total. The first-order valence-corrected chi connectivity index (χ1v) is 22.5. The van der Waals surface area contributed by atoms with Gasteiger partial charge in [0, 0.05) is 12.8 Å². The van der Waals surface area contributed by atoms with E-state index in [0.717, 1.165) is 57.8 Å². The average molecular weight is 731 g/mol. The zero-order chi connectivity index (χ0) is 36.8. The Bertz CT molecular complexity index is 827. The Kier molecular flexibility index (Phi) is 36.6. The molecule has 0 saturated heterocycles. The van der Waals surface area contributed by atoms with E-state index in [2.05, 4.69) is 30.5 Å². The van der Waals surface area contributed by atoms with Crippen LogP contribution in [-0.4, -0.2) is 41.0 Å². The standard InChI is InChI=1S/C41H79O8P/c1-3-5-7-9-11-13-15-17-18-19-20-21-22-23-24-26-27-29-31-33-35-40(42)47-37-39(38-48-50(44,45)46)49-41(43)36-34-32-30-28-25-16-14-12-10-8-6-4-2/h12,14,39H,3-11,13,15-38H2,1-2H3,(H2,44,45,46)/b14-12-. The van der Waals surface area contributed by atoms with Gasteiger partial charge in [0.2, 0.25) is 0 Å². The highest BCUT2D eigenvalue weighted by Crippen LogP contribution is 2.36. The number of ether oxygens (including phenoxy) is 2. The third kappa shape index (κ3) is 39.6. The van der Waals surface area contributed by atoms with Crippen LogP contribution in [0.25, 0.3) is 0 Å². The predicted molar refractivity (Wildman–Crippen MR) is 207 cm³/mol. The summed E-state index contributed by atoms with van der Waals surface area (Å²) < 4.78 is 26.3. The SMILES string of the molecule is CCCCC/C=C\CCCCCCCC(=O)OC(COC(=O)CCCCCCCCCCCCCCCCCCCCCC)COP(=O)(O)O. The molecule has 9 heteroatoms. The molecule has 0 aromatic carbocycles. The fourth-order valence-electron chi connectivity index (χ4n) is 6.13. The number of hydrogen-bond acceptors (Lipinski definition) is 6. The molecule has 1 atom stereocenters. The summed E-state index contributed by atoms with van der Waals surface area (Å²) in [5.74, 6) is -0.884. The monoisotopic (exact) mass is 731 g/mol. The van der Waals surface area contributed by atoms with E-state index in [1.165, 1.54) is 128 Å². The maximum absolute atomic E-state index is 12.4. The van der Waals surface area contributed by atoms with Crippen molar-refractivity contribution in [1.82, 2.24) is 0 Å². The van der Waals surface area contributed by atoms with Crippen molar-refractivity contribution in [2.45, 2.75) is 225 Å². The van der Waals surface area contributed by atoms with E-state index < -0.39 is 32.5 Å². The Morgan fingerprint density at radius 1 is 0.500 bits per heavy atom. The largest absolute Gasteiger partial charge is 0.469 e. The van der Waals surface area contributed by atoms with E-state index in [0.29, 0.717) is 6.42 Å². The van der Waals surface area contributed by atoms with Crippen molar-refractivity contribution in [1.29, 1.82) is 0 Å². The van der Waals surface area contributed by atoms with Crippen LogP contribution in [0.15, 0.2) is 12.2 Å². The van der Waals surface area contributed by atoms with Crippen LogP contribution in [0.3, 0.4) is 0 Å². The predicted octanol–water partition coefficient (Wildman–Crippen LogP) is 12.6. The van der Waals surface area contributed by atoms with Crippen molar-refractivity contribution in [2.75, 3.05) is 13.2 Å². The van der Waals surface area contributed by atoms with Gasteiger partial charge in [-0.2, -0.15) is 0 Å². The summed E-state index contributed by atoms with van der Waals surface area (Å²) in [6, 6.07) is 0. The Hall–Kier alpha value is -1.21. The zero-order valence-corrected chi connectivity index (χ0v) is 33.5. The molecule has 0 amide bonds. The summed E-state index contributed by atoms with van der Waals surface area (Å²) >= 11 is 0. The Labute approximate surface area is 307 Å². The molecule has 50 heavy (non-hydrogen) atoms. The highest BCUT2D eigenvalue weighted by Gasteiger charge is 2.22. The smallest absolute Gasteiger partial charge is 0.462 e. The number of unbranched alkanes of at least 4 members (excludes halogenated alkanes) is 27. The first-order valence-electron chi connectivity index (χ1n) is 21.0. The lowest BCUT2D eigenvalue weighted by molar-refractivity contribution is -0.161. The summed E-state index contributed by atoms with van der Waals surface area (Å²) in [7, 11) is -4.75. The molecular formula is C41H79O8P. The van der Waals surface area contributed by atoms with Crippen molar-refractivity contribution in [3.8, 4) is 0 Å². The van der Waals surface area contributed by atoms with E-state index in [1.807, 2.05) is 0 Å². The minimum absolute atomic E-state index is 0.205. The van der Waals surface area contributed by atoms with Gasteiger partial charge in [-0.3, -0.25) is 14.1 Å². The Morgan fingerprint density at radius 2 is 0.840 bits per heavy atom. The van der Waals surface area contributed by atoms with Gasteiger partial charge in [-0.05, 0) is 38.5 Å². The molecule has 1 unspecified atom stereocenters. The fourth-order valence-corrected chi connectivity index (χ4v) is 6.49. The molecule has 0 aliphatic heterocycles. The topological polar surface area (TPSA) is 119 Å². The third-order valence-corrected chi connectivity index (χ3v) is 9.77. The van der Waals surface area contributed by atoms with E-state index >= 15 is 0 Å². The van der Waals surface area contributed by atoms with Gasteiger partial charge in [-0.15, -0.1) is 0 Å². The summed E-state index contributed by atoms with van der Waals surface area (Å²) in [4.78, 5) is 42.8. The third-order valence-electron chi connectivity index (χ3n) is 9.28. The summed E-state index contributed by atoms with van der Waals surface area (Å²) in [6.45, 7) is 3.67. The van der Waals surface area contributed by atoms with Gasteiger partial charge in [-0.1, -0.05) is 180 Å². The van der Waals surface area contributed by atoms with Crippen LogP contribution in [0.5, 0.6) is 0 Å². The highest BCUT2D eigenvalue weighted by atomic mass is 31.2. The second kappa shape index (κ2) is 37.5. The van der Waals surface area contributed by atoms with E-state index in [9.17, 15) is 14.2 Å². The van der Waals surface area contributed by atoms with E-state index in [1.54, 1.807) is 0 Å². The van der Waals surface area contributed by atoms with Gasteiger partial charge in [-0.25, -0.2) is 4.57 Å². The van der Waals surface area contributed by atoms with Gasteiger partial charge < -0.3 is 19.3 Å². The lowest BCUT2D eigenvalue weighted by Gasteiger charge is -2.18. The molecule has 0 aromatic rings. The molecule has 0 spiro atoms. The van der Waals surface area contributed by atoms with Crippen LogP contribution in [-0.2, 0) is 28.2 Å². The molecule has 296 valence electrons. The van der Waals surface area contributed by atoms with Crippen molar-refractivity contribution in [2.24, 2.45) is 0 Å². The molecular weight excluding hydrogens is 651 g/mol. The highest BCUT2D eigenvalue weighted by molar-refractivity contribution is 7.46. The molecule has 0 aromatic heterocycles. The number of phosphoric ester groups is 1. The van der Waals surface area contributed by atoms with Crippen molar-refractivity contribution in [3.05, 3.63) is 12.2 Å². The first-order chi connectivity index (χ1) is 24.3. The van der Waals surface area contributed by atoms with Gasteiger partial charge in [0.1, 0.15) is 6.61 Å². The van der Waals surface area contributed by atoms with E-state index in [-0.39, 0.29) is 19.4 Å². The second-order valence-electron chi connectivity index (χ2n) is 14.3. The zero-order valence-electron chi connectivity index (χ0n) is 32.6. The normalized spacial score (nSPS) is 12.5. The minimum Gasteiger partial charge on any atom is -0.462 e. The molecule has 0 fully saturated rings. The number of esters is 2. The van der Waals surface area contributed by atoms with Gasteiger partial charge in [0.25, 0.3) is 0 Å². The maximum atomic E-state index is 12.4. The van der Waals surface area contributed by atoms with Crippen LogP contribution < -0.4 is 0 Å². The average Bonchev–Trinajstić information content (AvgIpc) is 3.08. The van der Waals surface area contributed by atoms with Gasteiger partial charge in [0.05, 0.1) is 6.61 Å². The van der Waals surface area contributed by atoms with Crippen molar-refractivity contribution < 1.29 is 37.9 Å². The molecule has 0 saturated carbocycles. The van der Waals surface area contributed by atoms with Crippen LogP contribution in [0.4, 0.5) is 0 Å². The number of carbonyl (C=O) groups is 2. The van der Waals surface area contributed by atoms with Crippen LogP contribution in [0.2, 0.25) is 0 Å². The molecule has 0 rings (SSSR count). The van der Waals surface area contributed by atoms with Gasteiger partial charge >= 0.3 is 19.8 Å². The number of phosphoric acid groups is 1. The van der Waals surface area contributed by atoms with Crippen LogP contribution >= 0.6 is 7.82 Å². The fraction of sp³-hybridized carbons (Fsp3) is 0.902. The van der Waals surface area contributed by atoms with Crippen LogP contribution in [0, 0.1) is 0 Å². The number of hydrogen-bond donors (Lipinski definition) is 2. The Morgan fingerprint density at radius 3 is 1.26 bits per heavy atom. The molecule has 0 aliphatic rings. The summed E-state index contributed by atoms with van der Waals surface area (Å²) in [5.41, 5.74) is 0. The lowest BCUT2D eigenvalue weighted by Crippen LogP contribution is -2.29. The van der Waals surface area contributed by atoms with Crippen molar-refractivity contribution in [3.63, 3.8) is 0 Å². The molecule has 0 aliphatic carbocycles. The van der Waals surface area contributed by atoms with Gasteiger partial charge in [0.15, 0.2) is 6.10 Å². The molecule has 0 bridgehead atoms. The Balaban J connectivity index is 3.83. The second-order valence-corrected chi connectivity index (χ2v) is 15.6. The number of rotatable bonds is 39. The minimum atomic E-state index is -4.75. The number of allylic oxidation sites excluding steroid dienone is 2. The molecule has 8 nitrogen and oxygen atoms in total. The molecule has 0 radical (unpaired) electrons. The number of carbonyl (C=O) groups excluding carboxylic acids is 2. The maximum Gasteiger partial charge on any atom is 0.469 e. The quantitative estimate of drug-likeness (QED) is 0.0278. The van der Waals surface area contributed by atoms with Crippen LogP contribution in [0.1, 0.15) is 219 Å².